The Morgan fingerprint density at radius 1 is 0.786 bits per heavy atom. The molecule has 0 aliphatic carbocycles. The van der Waals surface area contributed by atoms with E-state index in [1.807, 2.05) is 54.6 Å². The monoisotopic (exact) mass is 376 g/mol. The highest BCUT2D eigenvalue weighted by Crippen LogP contribution is 2.26. The first kappa shape index (κ1) is 17.6. The van der Waals surface area contributed by atoms with Crippen LogP contribution in [0.2, 0.25) is 0 Å². The van der Waals surface area contributed by atoms with E-state index in [0.717, 1.165) is 28.8 Å². The van der Waals surface area contributed by atoms with Crippen LogP contribution in [0.1, 0.15) is 10.4 Å². The molecule has 1 heterocycles. The molecule has 0 saturated carbocycles. The van der Waals surface area contributed by atoms with Crippen LogP contribution >= 0.6 is 0 Å². The van der Waals surface area contributed by atoms with Gasteiger partial charge in [-0.1, -0.05) is 65.8 Å². The van der Waals surface area contributed by atoms with Gasteiger partial charge in [0.2, 0.25) is 0 Å². The van der Waals surface area contributed by atoms with Crippen LogP contribution in [0.5, 0.6) is 0 Å². The molecule has 1 N–H and O–H groups in total. The quantitative estimate of drug-likeness (QED) is 0.509. The number of anilines is 1. The molecule has 0 spiro atoms. The summed E-state index contributed by atoms with van der Waals surface area (Å²) in [4.78, 5) is 12.1. The molecule has 138 valence electrons. The van der Waals surface area contributed by atoms with Crippen molar-refractivity contribution in [2.75, 3.05) is 5.32 Å². The van der Waals surface area contributed by atoms with Gasteiger partial charge in [0, 0.05) is 11.6 Å². The van der Waals surface area contributed by atoms with E-state index in [4.69, 9.17) is 4.52 Å². The second-order valence-electron chi connectivity index (χ2n) is 6.07. The highest BCUT2D eigenvalue weighted by molar-refractivity contribution is 6.04. The predicted molar refractivity (Wildman–Crippen MR) is 102 cm³/mol. The van der Waals surface area contributed by atoms with Crippen LogP contribution in [0.4, 0.5) is 14.6 Å². The summed E-state index contributed by atoms with van der Waals surface area (Å²) in [6, 6.07) is 22.2. The number of hydrogen-bond acceptors (Lipinski definition) is 3. The van der Waals surface area contributed by atoms with Crippen LogP contribution < -0.4 is 5.32 Å². The van der Waals surface area contributed by atoms with E-state index in [9.17, 15) is 13.6 Å². The van der Waals surface area contributed by atoms with E-state index >= 15 is 0 Å². The average Bonchev–Trinajstić information content (AvgIpc) is 3.17. The summed E-state index contributed by atoms with van der Waals surface area (Å²) in [6.07, 6.45) is 0. The first-order valence-corrected chi connectivity index (χ1v) is 8.50. The van der Waals surface area contributed by atoms with Crippen molar-refractivity contribution in [3.05, 3.63) is 96.1 Å². The number of carbonyl (C=O) groups excluding carboxylic acids is 1. The first-order valence-electron chi connectivity index (χ1n) is 8.50. The Labute approximate surface area is 159 Å². The number of nitrogens with zero attached hydrogens (tertiary/aromatic N) is 1. The van der Waals surface area contributed by atoms with Crippen LogP contribution in [0, 0.1) is 11.6 Å². The fourth-order valence-electron chi connectivity index (χ4n) is 2.82. The lowest BCUT2D eigenvalue weighted by Crippen LogP contribution is -2.15. The zero-order valence-electron chi connectivity index (χ0n) is 14.5. The van der Waals surface area contributed by atoms with E-state index < -0.39 is 23.1 Å². The highest BCUT2D eigenvalue weighted by Gasteiger charge is 2.18. The van der Waals surface area contributed by atoms with Gasteiger partial charge in [-0.3, -0.25) is 4.79 Å². The van der Waals surface area contributed by atoms with E-state index in [0.29, 0.717) is 5.76 Å². The van der Waals surface area contributed by atoms with Crippen LogP contribution in [0.25, 0.3) is 22.5 Å². The van der Waals surface area contributed by atoms with Crippen molar-refractivity contribution in [3.8, 4) is 22.5 Å². The number of hydrogen-bond donors (Lipinski definition) is 1. The maximum Gasteiger partial charge on any atom is 0.262 e. The Bertz CT molecular complexity index is 1100. The zero-order chi connectivity index (χ0) is 19.5. The third-order valence-electron chi connectivity index (χ3n) is 4.22. The predicted octanol–water partition coefficient (Wildman–Crippen LogP) is 5.54. The van der Waals surface area contributed by atoms with Gasteiger partial charge in [0.05, 0.1) is 0 Å². The lowest BCUT2D eigenvalue weighted by molar-refractivity contribution is 0.101. The molecule has 4 aromatic rings. The van der Waals surface area contributed by atoms with E-state index in [-0.39, 0.29) is 5.82 Å². The SMILES string of the molecule is O=C(Nc1cc(-c2ccc(-c3ccccc3)cc2)on1)c1c(F)cccc1F. The third-order valence-corrected chi connectivity index (χ3v) is 4.22. The molecule has 0 unspecified atom stereocenters. The second kappa shape index (κ2) is 7.44. The maximum absolute atomic E-state index is 13.7. The third kappa shape index (κ3) is 3.53. The minimum absolute atomic E-state index is 0.0646. The molecule has 4 nitrogen and oxygen atoms in total. The van der Waals surface area contributed by atoms with Crippen LogP contribution in [0.3, 0.4) is 0 Å². The topological polar surface area (TPSA) is 55.1 Å². The molecule has 0 radical (unpaired) electrons. The largest absolute Gasteiger partial charge is 0.354 e. The summed E-state index contributed by atoms with van der Waals surface area (Å²) in [5.41, 5.74) is 2.22. The smallest absolute Gasteiger partial charge is 0.262 e. The van der Waals surface area contributed by atoms with Crippen LogP contribution in [0.15, 0.2) is 83.4 Å². The van der Waals surface area contributed by atoms with Crippen LogP contribution in [-0.2, 0) is 0 Å². The molecule has 0 fully saturated rings. The van der Waals surface area contributed by atoms with E-state index in [1.54, 1.807) is 0 Å². The van der Waals surface area contributed by atoms with Gasteiger partial charge in [-0.2, -0.15) is 0 Å². The van der Waals surface area contributed by atoms with Gasteiger partial charge in [-0.15, -0.1) is 0 Å². The summed E-state index contributed by atoms with van der Waals surface area (Å²) < 4.78 is 32.7. The second-order valence-corrected chi connectivity index (χ2v) is 6.07. The van der Waals surface area contributed by atoms with Gasteiger partial charge in [0.15, 0.2) is 11.6 Å². The number of carbonyl (C=O) groups is 1. The van der Waals surface area contributed by atoms with Crippen molar-refractivity contribution in [1.82, 2.24) is 5.16 Å². The summed E-state index contributed by atoms with van der Waals surface area (Å²) >= 11 is 0. The molecule has 1 aromatic heterocycles. The van der Waals surface area contributed by atoms with Gasteiger partial charge in [-0.05, 0) is 23.3 Å². The van der Waals surface area contributed by atoms with Crippen molar-refractivity contribution in [3.63, 3.8) is 0 Å². The fraction of sp³-hybridized carbons (Fsp3) is 0. The molecule has 0 atom stereocenters. The molecule has 0 aliphatic rings. The standard InChI is InChI=1S/C22H14F2N2O2/c23-17-7-4-8-18(24)21(17)22(27)25-20-13-19(28-26-20)16-11-9-15(10-12-16)14-5-2-1-3-6-14/h1-13H,(H,25,26,27). The summed E-state index contributed by atoms with van der Waals surface area (Å²) in [6.45, 7) is 0. The van der Waals surface area contributed by atoms with Gasteiger partial charge < -0.3 is 9.84 Å². The lowest BCUT2D eigenvalue weighted by atomic mass is 10.0. The summed E-state index contributed by atoms with van der Waals surface area (Å²) in [5.74, 6) is -2.34. The summed E-state index contributed by atoms with van der Waals surface area (Å²) in [7, 11) is 0. The zero-order valence-corrected chi connectivity index (χ0v) is 14.5. The van der Waals surface area contributed by atoms with Crippen molar-refractivity contribution in [2.24, 2.45) is 0 Å². The van der Waals surface area contributed by atoms with Crippen molar-refractivity contribution >= 4 is 11.7 Å². The molecule has 0 bridgehead atoms. The Balaban J connectivity index is 1.52. The average molecular weight is 376 g/mol. The van der Waals surface area contributed by atoms with Gasteiger partial charge in [-0.25, -0.2) is 8.78 Å². The number of amides is 1. The van der Waals surface area contributed by atoms with Crippen LogP contribution in [-0.4, -0.2) is 11.1 Å². The number of nitrogens with one attached hydrogen (secondary N) is 1. The minimum atomic E-state index is -0.947. The molecule has 6 heteroatoms. The lowest BCUT2D eigenvalue weighted by Gasteiger charge is -2.03. The molecular weight excluding hydrogens is 362 g/mol. The molecule has 1 amide bonds. The Morgan fingerprint density at radius 2 is 1.39 bits per heavy atom. The maximum atomic E-state index is 13.7. The van der Waals surface area contributed by atoms with E-state index in [2.05, 4.69) is 10.5 Å². The Kier molecular flexibility index (Phi) is 4.68. The van der Waals surface area contributed by atoms with Crippen molar-refractivity contribution < 1.29 is 18.1 Å². The van der Waals surface area contributed by atoms with Gasteiger partial charge in [0.1, 0.15) is 17.2 Å². The first-order chi connectivity index (χ1) is 13.6. The number of aromatic nitrogens is 1. The number of halogens is 2. The van der Waals surface area contributed by atoms with Crippen molar-refractivity contribution in [2.45, 2.75) is 0 Å². The number of rotatable bonds is 4. The normalized spacial score (nSPS) is 10.6. The number of benzene rings is 3. The van der Waals surface area contributed by atoms with Gasteiger partial charge in [0.25, 0.3) is 5.91 Å². The molecule has 0 aliphatic heterocycles. The molecule has 3 aromatic carbocycles. The molecule has 4 rings (SSSR count). The minimum Gasteiger partial charge on any atom is -0.354 e. The van der Waals surface area contributed by atoms with Crippen molar-refractivity contribution in [1.29, 1.82) is 0 Å². The highest BCUT2D eigenvalue weighted by atomic mass is 19.1. The molecule has 0 saturated heterocycles. The van der Waals surface area contributed by atoms with Gasteiger partial charge >= 0.3 is 0 Å². The van der Waals surface area contributed by atoms with E-state index in [1.165, 1.54) is 12.1 Å². The molecule has 28 heavy (non-hydrogen) atoms. The Morgan fingerprint density at radius 3 is 2.07 bits per heavy atom. The Hall–Kier alpha value is -3.80. The molecular formula is C22H14F2N2O2. The summed E-state index contributed by atoms with van der Waals surface area (Å²) in [5, 5.41) is 6.09. The fourth-order valence-corrected chi connectivity index (χ4v) is 2.82.